The van der Waals surface area contributed by atoms with E-state index in [1.54, 1.807) is 0 Å². The van der Waals surface area contributed by atoms with E-state index in [1.165, 1.54) is 17.7 Å². The summed E-state index contributed by atoms with van der Waals surface area (Å²) < 4.78 is 18.8. The fraction of sp³-hybridized carbons (Fsp3) is 0.440. The second-order valence-electron chi connectivity index (χ2n) is 10.1. The average molecular weight is 459 g/mol. The van der Waals surface area contributed by atoms with E-state index in [9.17, 15) is 14.0 Å². The Morgan fingerprint density at radius 1 is 1.09 bits per heavy atom. The van der Waals surface area contributed by atoms with Crippen LogP contribution in [0.2, 0.25) is 5.02 Å². The summed E-state index contributed by atoms with van der Waals surface area (Å²) in [6.07, 6.45) is 1.91. The third kappa shape index (κ3) is 4.46. The van der Waals surface area contributed by atoms with E-state index >= 15 is 0 Å². The van der Waals surface area contributed by atoms with Crippen molar-refractivity contribution in [1.82, 2.24) is 10.6 Å². The third-order valence-corrected chi connectivity index (χ3v) is 6.76. The molecule has 0 heterocycles. The van der Waals surface area contributed by atoms with E-state index in [2.05, 4.69) is 55.7 Å². The molecule has 7 heteroatoms. The molecule has 170 valence electrons. The Morgan fingerprint density at radius 3 is 2.34 bits per heavy atom. The van der Waals surface area contributed by atoms with Gasteiger partial charge < -0.3 is 15.4 Å². The molecule has 0 saturated heterocycles. The molecule has 2 amide bonds. The predicted molar refractivity (Wildman–Crippen MR) is 121 cm³/mol. The van der Waals surface area contributed by atoms with Gasteiger partial charge in [-0.15, -0.1) is 0 Å². The lowest BCUT2D eigenvalue weighted by Crippen LogP contribution is -2.78. The summed E-state index contributed by atoms with van der Waals surface area (Å²) in [5.41, 5.74) is 1.73. The van der Waals surface area contributed by atoms with Crippen molar-refractivity contribution < 1.29 is 18.7 Å². The first-order chi connectivity index (χ1) is 15.0. The number of ether oxygens (including phenoxy) is 1. The normalized spacial score (nSPS) is 23.5. The molecule has 5 nitrogen and oxygen atoms in total. The molecule has 0 unspecified atom stereocenters. The van der Waals surface area contributed by atoms with Gasteiger partial charge in [-0.25, -0.2) is 4.39 Å². The van der Waals surface area contributed by atoms with Gasteiger partial charge in [-0.3, -0.25) is 9.59 Å². The number of rotatable bonds is 7. The van der Waals surface area contributed by atoms with Gasteiger partial charge in [0.1, 0.15) is 11.6 Å². The molecule has 0 aliphatic heterocycles. The molecule has 3 aliphatic rings. The molecule has 0 radical (unpaired) electrons. The van der Waals surface area contributed by atoms with Gasteiger partial charge >= 0.3 is 0 Å². The Hall–Kier alpha value is -2.60. The van der Waals surface area contributed by atoms with Gasteiger partial charge in [0.15, 0.2) is 6.61 Å². The van der Waals surface area contributed by atoms with Crippen molar-refractivity contribution in [2.24, 2.45) is 5.41 Å². The molecule has 2 aromatic carbocycles. The summed E-state index contributed by atoms with van der Waals surface area (Å²) in [6.45, 7) is 6.79. The Labute approximate surface area is 192 Å². The SMILES string of the molecule is CC(C)(C)c1ccc(CNC(=O)C23CC(NC(=O)COc4ccc(Cl)c(F)c4)(C2)C3)cc1. The van der Waals surface area contributed by atoms with Crippen molar-refractivity contribution in [3.05, 3.63) is 64.4 Å². The fourth-order valence-corrected chi connectivity index (χ4v) is 4.82. The van der Waals surface area contributed by atoms with Crippen LogP contribution in [0.1, 0.15) is 51.2 Å². The highest BCUT2D eigenvalue weighted by Crippen LogP contribution is 2.67. The molecule has 3 aliphatic carbocycles. The van der Waals surface area contributed by atoms with Gasteiger partial charge in [-0.05, 0) is 47.9 Å². The number of amides is 2. The van der Waals surface area contributed by atoms with Crippen LogP contribution in [0.5, 0.6) is 5.75 Å². The largest absolute Gasteiger partial charge is 0.484 e. The van der Waals surface area contributed by atoms with Crippen LogP contribution in [0, 0.1) is 11.2 Å². The quantitative estimate of drug-likeness (QED) is 0.641. The molecule has 0 spiro atoms. The summed E-state index contributed by atoms with van der Waals surface area (Å²) in [5.74, 6) is -0.595. The van der Waals surface area contributed by atoms with Crippen LogP contribution < -0.4 is 15.4 Å². The second-order valence-corrected chi connectivity index (χ2v) is 10.5. The molecule has 5 rings (SSSR count). The zero-order valence-corrected chi connectivity index (χ0v) is 19.3. The van der Waals surface area contributed by atoms with Crippen molar-refractivity contribution in [1.29, 1.82) is 0 Å². The molecular formula is C25H28ClFN2O3. The first-order valence-corrected chi connectivity index (χ1v) is 11.1. The summed E-state index contributed by atoms with van der Waals surface area (Å²) in [5, 5.41) is 6.01. The minimum Gasteiger partial charge on any atom is -0.484 e. The Morgan fingerprint density at radius 2 is 1.75 bits per heavy atom. The lowest BCUT2D eigenvalue weighted by atomic mass is 9.39. The Bertz CT molecular complexity index is 1030. The van der Waals surface area contributed by atoms with Gasteiger partial charge in [0.25, 0.3) is 5.91 Å². The highest BCUT2D eigenvalue weighted by atomic mass is 35.5. The molecule has 2 bridgehead atoms. The number of halogens is 2. The van der Waals surface area contributed by atoms with Crippen LogP contribution in [-0.4, -0.2) is 24.0 Å². The van der Waals surface area contributed by atoms with Gasteiger partial charge in [-0.1, -0.05) is 56.6 Å². The molecular weight excluding hydrogens is 431 g/mol. The topological polar surface area (TPSA) is 67.4 Å². The van der Waals surface area contributed by atoms with E-state index in [4.69, 9.17) is 16.3 Å². The number of benzene rings is 2. The zero-order chi connectivity index (χ0) is 23.1. The van der Waals surface area contributed by atoms with Crippen molar-refractivity contribution in [2.45, 2.75) is 57.5 Å². The fourth-order valence-electron chi connectivity index (χ4n) is 4.70. The number of hydrogen-bond donors (Lipinski definition) is 2. The maximum Gasteiger partial charge on any atom is 0.258 e. The Kier molecular flexibility index (Phi) is 5.70. The summed E-state index contributed by atoms with van der Waals surface area (Å²) in [4.78, 5) is 24.9. The number of hydrogen-bond acceptors (Lipinski definition) is 3. The average Bonchev–Trinajstić information content (AvgIpc) is 2.68. The molecule has 3 fully saturated rings. The minimum absolute atomic E-state index is 0.00108. The van der Waals surface area contributed by atoms with Crippen LogP contribution in [0.3, 0.4) is 0 Å². The van der Waals surface area contributed by atoms with Gasteiger partial charge in [0, 0.05) is 18.2 Å². The maximum absolute atomic E-state index is 13.4. The molecule has 3 saturated carbocycles. The van der Waals surface area contributed by atoms with Crippen LogP contribution in [0.4, 0.5) is 4.39 Å². The van der Waals surface area contributed by atoms with Crippen LogP contribution in [0.15, 0.2) is 42.5 Å². The van der Waals surface area contributed by atoms with Crippen LogP contribution in [0.25, 0.3) is 0 Å². The highest BCUT2D eigenvalue weighted by Gasteiger charge is 2.72. The number of carbonyl (C=O) groups is 2. The Balaban J connectivity index is 1.20. The van der Waals surface area contributed by atoms with Gasteiger partial charge in [0.05, 0.1) is 10.4 Å². The first kappa shape index (κ1) is 22.6. The van der Waals surface area contributed by atoms with Crippen LogP contribution >= 0.6 is 11.6 Å². The molecule has 2 aromatic rings. The van der Waals surface area contributed by atoms with Crippen molar-refractivity contribution >= 4 is 23.4 Å². The van der Waals surface area contributed by atoms with Crippen molar-refractivity contribution in [2.75, 3.05) is 6.61 Å². The van der Waals surface area contributed by atoms with E-state index in [0.29, 0.717) is 25.8 Å². The molecule has 0 aromatic heterocycles. The zero-order valence-electron chi connectivity index (χ0n) is 18.6. The lowest BCUT2D eigenvalue weighted by molar-refractivity contribution is -0.184. The number of carbonyl (C=O) groups excluding carboxylic acids is 2. The van der Waals surface area contributed by atoms with E-state index in [0.717, 1.165) is 11.6 Å². The number of nitrogens with one attached hydrogen (secondary N) is 2. The third-order valence-electron chi connectivity index (χ3n) is 6.45. The minimum atomic E-state index is -0.595. The smallest absolute Gasteiger partial charge is 0.258 e. The molecule has 32 heavy (non-hydrogen) atoms. The van der Waals surface area contributed by atoms with Crippen molar-refractivity contribution in [3.63, 3.8) is 0 Å². The van der Waals surface area contributed by atoms with E-state index < -0.39 is 5.82 Å². The van der Waals surface area contributed by atoms with Crippen molar-refractivity contribution in [3.8, 4) is 5.75 Å². The predicted octanol–water partition coefficient (Wildman–Crippen LogP) is 4.51. The van der Waals surface area contributed by atoms with Gasteiger partial charge in [-0.2, -0.15) is 0 Å². The standard InChI is InChI=1S/C25H28ClFN2O3/c1-23(2,3)17-6-4-16(5-7-17)11-28-22(31)24-13-25(14-24,15-24)29-21(30)12-32-18-8-9-19(26)20(27)10-18/h4-10H,11-15H2,1-3H3,(H,28,31)(H,29,30). The second kappa shape index (κ2) is 8.07. The van der Waals surface area contributed by atoms with E-state index in [1.807, 2.05) is 0 Å². The van der Waals surface area contributed by atoms with Gasteiger partial charge in [0.2, 0.25) is 5.91 Å². The maximum atomic E-state index is 13.4. The summed E-state index contributed by atoms with van der Waals surface area (Å²) >= 11 is 5.64. The molecule has 0 atom stereocenters. The highest BCUT2D eigenvalue weighted by molar-refractivity contribution is 6.30. The lowest BCUT2D eigenvalue weighted by Gasteiger charge is -2.69. The first-order valence-electron chi connectivity index (χ1n) is 10.8. The molecule has 2 N–H and O–H groups in total. The summed E-state index contributed by atoms with van der Waals surface area (Å²) in [6, 6.07) is 12.4. The van der Waals surface area contributed by atoms with Crippen LogP contribution in [-0.2, 0) is 21.5 Å². The monoisotopic (exact) mass is 458 g/mol. The summed E-state index contributed by atoms with van der Waals surface area (Å²) in [7, 11) is 0. The van der Waals surface area contributed by atoms with E-state index in [-0.39, 0.29) is 45.6 Å².